The van der Waals surface area contributed by atoms with E-state index in [1.54, 1.807) is 6.07 Å². The van der Waals surface area contributed by atoms with Crippen LogP contribution >= 0.6 is 11.6 Å². The van der Waals surface area contributed by atoms with Crippen molar-refractivity contribution in [2.75, 3.05) is 39.5 Å². The molecule has 0 unspecified atom stereocenters. The second-order valence-electron chi connectivity index (χ2n) is 5.83. The lowest BCUT2D eigenvalue weighted by molar-refractivity contribution is 0.212. The molecule has 0 heterocycles. The predicted octanol–water partition coefficient (Wildman–Crippen LogP) is 2.94. The van der Waals surface area contributed by atoms with E-state index in [9.17, 15) is 0 Å². The fraction of sp³-hybridized carbons (Fsp3) is 0.600. The van der Waals surface area contributed by atoms with Crippen LogP contribution in [0, 0.1) is 5.92 Å². The van der Waals surface area contributed by atoms with Crippen molar-refractivity contribution < 1.29 is 0 Å². The topological polar surface area (TPSA) is 32.5 Å². The molecule has 108 valence electrons. The van der Waals surface area contributed by atoms with Gasteiger partial charge in [0.2, 0.25) is 0 Å². The van der Waals surface area contributed by atoms with Gasteiger partial charge < -0.3 is 10.6 Å². The Balaban J connectivity index is 2.69. The summed E-state index contributed by atoms with van der Waals surface area (Å²) in [5, 5.41) is 0.715. The first-order valence-corrected chi connectivity index (χ1v) is 7.16. The molecule has 0 aliphatic rings. The number of nitrogens with zero attached hydrogens (tertiary/aromatic N) is 2. The van der Waals surface area contributed by atoms with Crippen LogP contribution in [0.4, 0.5) is 5.69 Å². The predicted molar refractivity (Wildman–Crippen MR) is 84.5 cm³/mol. The molecule has 0 aromatic heterocycles. The number of anilines is 1. The number of nitrogens with two attached hydrogens (primary N) is 1. The standard InChI is InChI=1S/C15H26ClN3/c1-12(2)10-19(6-5-18(3)4)11-13-7-14(16)9-15(17)8-13/h7-9,12H,5-6,10-11,17H2,1-4H3. The van der Waals surface area contributed by atoms with E-state index in [0.29, 0.717) is 10.9 Å². The van der Waals surface area contributed by atoms with E-state index < -0.39 is 0 Å². The van der Waals surface area contributed by atoms with Gasteiger partial charge in [-0.3, -0.25) is 4.90 Å². The molecule has 0 bridgehead atoms. The van der Waals surface area contributed by atoms with Crippen LogP contribution in [0.1, 0.15) is 19.4 Å². The Hall–Kier alpha value is -0.770. The highest BCUT2D eigenvalue weighted by Crippen LogP contribution is 2.18. The van der Waals surface area contributed by atoms with Crippen LogP contribution in [0.25, 0.3) is 0 Å². The fourth-order valence-corrected chi connectivity index (χ4v) is 2.38. The molecule has 0 fully saturated rings. The zero-order valence-electron chi connectivity index (χ0n) is 12.5. The highest BCUT2D eigenvalue weighted by atomic mass is 35.5. The summed E-state index contributed by atoms with van der Waals surface area (Å²) in [6.07, 6.45) is 0. The minimum absolute atomic E-state index is 0.652. The molecular formula is C15H26ClN3. The number of hydrogen-bond donors (Lipinski definition) is 1. The zero-order chi connectivity index (χ0) is 14.4. The van der Waals surface area contributed by atoms with Gasteiger partial charge in [-0.05, 0) is 43.8 Å². The number of likely N-dealkylation sites (N-methyl/N-ethyl adjacent to an activating group) is 1. The fourth-order valence-electron chi connectivity index (χ4n) is 2.12. The molecule has 1 aromatic carbocycles. The van der Waals surface area contributed by atoms with Gasteiger partial charge in [-0.25, -0.2) is 0 Å². The van der Waals surface area contributed by atoms with Crippen molar-refractivity contribution in [3.05, 3.63) is 28.8 Å². The van der Waals surface area contributed by atoms with E-state index in [-0.39, 0.29) is 0 Å². The maximum absolute atomic E-state index is 6.06. The minimum Gasteiger partial charge on any atom is -0.399 e. The molecule has 0 spiro atoms. The molecule has 0 amide bonds. The van der Waals surface area contributed by atoms with Gasteiger partial charge in [-0.1, -0.05) is 25.4 Å². The molecule has 0 aliphatic heterocycles. The maximum atomic E-state index is 6.06. The zero-order valence-corrected chi connectivity index (χ0v) is 13.2. The third-order valence-corrected chi connectivity index (χ3v) is 3.09. The second kappa shape index (κ2) is 7.73. The van der Waals surface area contributed by atoms with Crippen molar-refractivity contribution >= 4 is 17.3 Å². The monoisotopic (exact) mass is 283 g/mol. The summed E-state index contributed by atoms with van der Waals surface area (Å²) in [4.78, 5) is 4.66. The van der Waals surface area contributed by atoms with Gasteiger partial charge in [0.25, 0.3) is 0 Å². The van der Waals surface area contributed by atoms with Crippen molar-refractivity contribution in [2.24, 2.45) is 5.92 Å². The highest BCUT2D eigenvalue weighted by molar-refractivity contribution is 6.30. The third-order valence-electron chi connectivity index (χ3n) is 2.87. The molecule has 0 saturated carbocycles. The first kappa shape index (κ1) is 16.3. The normalized spacial score (nSPS) is 11.8. The molecule has 1 rings (SSSR count). The molecule has 1 aromatic rings. The lowest BCUT2D eigenvalue weighted by Crippen LogP contribution is -2.34. The van der Waals surface area contributed by atoms with Crippen LogP contribution in [0.2, 0.25) is 5.02 Å². The van der Waals surface area contributed by atoms with E-state index in [1.165, 1.54) is 5.56 Å². The van der Waals surface area contributed by atoms with Gasteiger partial charge in [-0.2, -0.15) is 0 Å². The summed E-state index contributed by atoms with van der Waals surface area (Å²) in [5.74, 6) is 0.652. The summed E-state index contributed by atoms with van der Waals surface area (Å²) in [6.45, 7) is 8.58. The Morgan fingerprint density at radius 2 is 1.84 bits per heavy atom. The largest absolute Gasteiger partial charge is 0.399 e. The van der Waals surface area contributed by atoms with Gasteiger partial charge in [0.05, 0.1) is 0 Å². The SMILES string of the molecule is CC(C)CN(CCN(C)C)Cc1cc(N)cc(Cl)c1. The van der Waals surface area contributed by atoms with Crippen molar-refractivity contribution in [3.63, 3.8) is 0 Å². The van der Waals surface area contributed by atoms with E-state index in [4.69, 9.17) is 17.3 Å². The molecule has 2 N–H and O–H groups in total. The number of rotatable bonds is 7. The molecule has 19 heavy (non-hydrogen) atoms. The smallest absolute Gasteiger partial charge is 0.0429 e. The average molecular weight is 284 g/mol. The van der Waals surface area contributed by atoms with Gasteiger partial charge in [0.1, 0.15) is 0 Å². The van der Waals surface area contributed by atoms with Crippen molar-refractivity contribution in [3.8, 4) is 0 Å². The molecule has 3 nitrogen and oxygen atoms in total. The average Bonchev–Trinajstić information content (AvgIpc) is 2.23. The first-order valence-electron chi connectivity index (χ1n) is 6.79. The van der Waals surface area contributed by atoms with Crippen LogP contribution in [-0.4, -0.2) is 43.5 Å². The number of halogens is 1. The molecule has 0 saturated heterocycles. The van der Waals surface area contributed by atoms with Gasteiger partial charge in [0.15, 0.2) is 0 Å². The van der Waals surface area contributed by atoms with Crippen LogP contribution in [0.3, 0.4) is 0 Å². The Kier molecular flexibility index (Phi) is 6.63. The number of hydrogen-bond acceptors (Lipinski definition) is 3. The van der Waals surface area contributed by atoms with E-state index in [0.717, 1.165) is 31.9 Å². The van der Waals surface area contributed by atoms with Crippen LogP contribution in [-0.2, 0) is 6.54 Å². The maximum Gasteiger partial charge on any atom is 0.0429 e. The summed E-state index contributed by atoms with van der Waals surface area (Å²) < 4.78 is 0. The summed E-state index contributed by atoms with van der Waals surface area (Å²) in [5.41, 5.74) is 7.77. The third kappa shape index (κ3) is 6.81. The quantitative estimate of drug-likeness (QED) is 0.781. The molecular weight excluding hydrogens is 258 g/mol. The van der Waals surface area contributed by atoms with E-state index in [1.807, 2.05) is 12.1 Å². The molecule has 0 radical (unpaired) electrons. The van der Waals surface area contributed by atoms with Crippen molar-refractivity contribution in [1.82, 2.24) is 9.80 Å². The van der Waals surface area contributed by atoms with Crippen LogP contribution in [0.15, 0.2) is 18.2 Å². The van der Waals surface area contributed by atoms with Gasteiger partial charge in [0, 0.05) is 36.9 Å². The van der Waals surface area contributed by atoms with Crippen molar-refractivity contribution in [2.45, 2.75) is 20.4 Å². The number of nitrogen functional groups attached to an aromatic ring is 1. The van der Waals surface area contributed by atoms with Gasteiger partial charge in [-0.15, -0.1) is 0 Å². The number of benzene rings is 1. The van der Waals surface area contributed by atoms with Gasteiger partial charge >= 0.3 is 0 Å². The lowest BCUT2D eigenvalue weighted by atomic mass is 10.1. The Bertz CT molecular complexity index is 371. The van der Waals surface area contributed by atoms with E-state index >= 15 is 0 Å². The van der Waals surface area contributed by atoms with Crippen LogP contribution in [0.5, 0.6) is 0 Å². The summed E-state index contributed by atoms with van der Waals surface area (Å²) in [7, 11) is 4.20. The highest BCUT2D eigenvalue weighted by Gasteiger charge is 2.09. The van der Waals surface area contributed by atoms with E-state index in [2.05, 4.69) is 37.7 Å². The Labute approximate surface area is 122 Å². The lowest BCUT2D eigenvalue weighted by Gasteiger charge is -2.26. The second-order valence-corrected chi connectivity index (χ2v) is 6.26. The van der Waals surface area contributed by atoms with Crippen molar-refractivity contribution in [1.29, 1.82) is 0 Å². The first-order chi connectivity index (χ1) is 8.86. The Morgan fingerprint density at radius 3 is 2.37 bits per heavy atom. The summed E-state index contributed by atoms with van der Waals surface area (Å²) >= 11 is 6.06. The van der Waals surface area contributed by atoms with Crippen LogP contribution < -0.4 is 5.73 Å². The molecule has 0 atom stereocenters. The minimum atomic E-state index is 0.652. The summed E-state index contributed by atoms with van der Waals surface area (Å²) in [6, 6.07) is 5.80. The molecule has 0 aliphatic carbocycles. The Morgan fingerprint density at radius 1 is 1.16 bits per heavy atom. The molecule has 4 heteroatoms.